The van der Waals surface area contributed by atoms with Gasteiger partial charge in [-0.25, -0.2) is 0 Å². The highest BCUT2D eigenvalue weighted by Crippen LogP contribution is 2.26. The fourth-order valence-electron chi connectivity index (χ4n) is 2.37. The van der Waals surface area contributed by atoms with E-state index < -0.39 is 0 Å². The summed E-state index contributed by atoms with van der Waals surface area (Å²) in [5.41, 5.74) is 15.1. The van der Waals surface area contributed by atoms with Crippen molar-refractivity contribution in [2.75, 3.05) is 24.7 Å². The number of nitrogen functional groups attached to an aromatic ring is 1. The van der Waals surface area contributed by atoms with Gasteiger partial charge in [0.05, 0.1) is 11.4 Å². The van der Waals surface area contributed by atoms with Gasteiger partial charge in [0.2, 0.25) is 5.96 Å². The van der Waals surface area contributed by atoms with Crippen LogP contribution in [0, 0.1) is 5.41 Å². The van der Waals surface area contributed by atoms with E-state index in [0.717, 1.165) is 5.56 Å². The van der Waals surface area contributed by atoms with Gasteiger partial charge in [-0.2, -0.15) is 0 Å². The maximum atomic E-state index is 8.59. The van der Waals surface area contributed by atoms with Crippen molar-refractivity contribution >= 4 is 28.9 Å². The van der Waals surface area contributed by atoms with Crippen LogP contribution < -0.4 is 16.4 Å². The SMILES string of the molecule is CN=C(C)N(C(N)=NC)c1ccc(N)cc1C(=N)c1ccccc1. The van der Waals surface area contributed by atoms with Crippen LogP contribution in [0.15, 0.2) is 58.5 Å². The predicted molar refractivity (Wildman–Crippen MR) is 102 cm³/mol. The molecule has 0 amide bonds. The van der Waals surface area contributed by atoms with E-state index in [0.29, 0.717) is 34.4 Å². The number of aliphatic imine (C=N–C) groups is 2. The van der Waals surface area contributed by atoms with Crippen LogP contribution in [0.5, 0.6) is 0 Å². The molecule has 2 rings (SSSR count). The molecule has 0 aromatic heterocycles. The zero-order valence-electron chi connectivity index (χ0n) is 14.1. The third kappa shape index (κ3) is 3.43. The Morgan fingerprint density at radius 3 is 2.29 bits per heavy atom. The molecule has 0 heterocycles. The first-order valence-electron chi connectivity index (χ1n) is 7.49. The summed E-state index contributed by atoms with van der Waals surface area (Å²) in [7, 11) is 3.30. The Morgan fingerprint density at radius 1 is 1.04 bits per heavy atom. The standard InChI is InChI=1S/C18H22N6/c1-12(22-2)24(18(21)23-3)16-10-9-14(19)11-15(16)17(20)13-7-5-4-6-8-13/h4-11,20H,19H2,1-3H3,(H2,21,23). The minimum absolute atomic E-state index is 0.296. The van der Waals surface area contributed by atoms with Gasteiger partial charge in [-0.3, -0.25) is 20.3 Å². The van der Waals surface area contributed by atoms with Crippen molar-refractivity contribution in [2.24, 2.45) is 15.7 Å². The van der Waals surface area contributed by atoms with Crippen LogP contribution in [-0.2, 0) is 0 Å². The lowest BCUT2D eigenvalue weighted by Gasteiger charge is -2.26. The van der Waals surface area contributed by atoms with E-state index in [1.54, 1.807) is 31.1 Å². The average molecular weight is 322 g/mol. The quantitative estimate of drug-likeness (QED) is 0.459. The second-order valence-corrected chi connectivity index (χ2v) is 5.21. The summed E-state index contributed by atoms with van der Waals surface area (Å²) < 4.78 is 0. The molecule has 0 fully saturated rings. The van der Waals surface area contributed by atoms with E-state index in [2.05, 4.69) is 9.98 Å². The van der Waals surface area contributed by atoms with Crippen molar-refractivity contribution in [3.8, 4) is 0 Å². The number of anilines is 2. The normalized spacial score (nSPS) is 12.1. The zero-order chi connectivity index (χ0) is 17.7. The highest BCUT2D eigenvalue weighted by Gasteiger charge is 2.20. The van der Waals surface area contributed by atoms with Crippen LogP contribution in [-0.4, -0.2) is 31.6 Å². The molecule has 0 unspecified atom stereocenters. The van der Waals surface area contributed by atoms with E-state index >= 15 is 0 Å². The molecule has 0 saturated carbocycles. The molecule has 2 aromatic rings. The predicted octanol–water partition coefficient (Wildman–Crippen LogP) is 2.48. The third-order valence-corrected chi connectivity index (χ3v) is 3.70. The van der Waals surface area contributed by atoms with Gasteiger partial charge in [-0.05, 0) is 25.1 Å². The fourth-order valence-corrected chi connectivity index (χ4v) is 2.37. The average Bonchev–Trinajstić information content (AvgIpc) is 2.62. The van der Waals surface area contributed by atoms with E-state index in [1.165, 1.54) is 0 Å². The van der Waals surface area contributed by atoms with Gasteiger partial charge >= 0.3 is 0 Å². The minimum atomic E-state index is 0.296. The van der Waals surface area contributed by atoms with Crippen molar-refractivity contribution in [3.05, 3.63) is 59.7 Å². The van der Waals surface area contributed by atoms with Gasteiger partial charge in [-0.1, -0.05) is 30.3 Å². The lowest BCUT2D eigenvalue weighted by Crippen LogP contribution is -2.41. The molecule has 0 aliphatic rings. The number of hydrogen-bond acceptors (Lipinski definition) is 4. The molecule has 0 spiro atoms. The van der Waals surface area contributed by atoms with Crippen molar-refractivity contribution in [1.82, 2.24) is 0 Å². The zero-order valence-corrected chi connectivity index (χ0v) is 14.1. The van der Waals surface area contributed by atoms with Crippen LogP contribution in [0.3, 0.4) is 0 Å². The first-order chi connectivity index (χ1) is 11.5. The van der Waals surface area contributed by atoms with Gasteiger partial charge in [0.15, 0.2) is 0 Å². The first-order valence-corrected chi connectivity index (χ1v) is 7.49. The second-order valence-electron chi connectivity index (χ2n) is 5.21. The molecule has 0 bridgehead atoms. The monoisotopic (exact) mass is 322 g/mol. The van der Waals surface area contributed by atoms with Crippen LogP contribution >= 0.6 is 0 Å². The van der Waals surface area contributed by atoms with Crippen LogP contribution in [0.1, 0.15) is 18.1 Å². The number of hydrogen-bond donors (Lipinski definition) is 3. The number of benzene rings is 2. The van der Waals surface area contributed by atoms with Crippen molar-refractivity contribution in [1.29, 1.82) is 5.41 Å². The number of nitrogens with one attached hydrogen (secondary N) is 1. The molecule has 0 aliphatic heterocycles. The van der Waals surface area contributed by atoms with Gasteiger partial charge < -0.3 is 11.5 Å². The Labute approximate surface area is 142 Å². The summed E-state index contributed by atoms with van der Waals surface area (Å²) in [5, 5.41) is 8.59. The highest BCUT2D eigenvalue weighted by molar-refractivity contribution is 6.22. The summed E-state index contributed by atoms with van der Waals surface area (Å²) in [6.07, 6.45) is 0. The van der Waals surface area contributed by atoms with Gasteiger partial charge in [-0.15, -0.1) is 0 Å². The Hall–Kier alpha value is -3.15. The van der Waals surface area contributed by atoms with Gasteiger partial charge in [0, 0.05) is 30.9 Å². The summed E-state index contributed by atoms with van der Waals surface area (Å²) in [6.45, 7) is 1.84. The summed E-state index contributed by atoms with van der Waals surface area (Å²) in [5.74, 6) is 0.968. The Kier molecular flexibility index (Phi) is 5.31. The maximum absolute atomic E-state index is 8.59. The van der Waals surface area contributed by atoms with Crippen LogP contribution in [0.4, 0.5) is 11.4 Å². The van der Waals surface area contributed by atoms with Crippen LogP contribution in [0.2, 0.25) is 0 Å². The molecule has 0 atom stereocenters. The second kappa shape index (κ2) is 7.41. The molecule has 0 saturated heterocycles. The lowest BCUT2D eigenvalue weighted by molar-refractivity contribution is 1.25. The Morgan fingerprint density at radius 2 is 1.71 bits per heavy atom. The number of nitrogens with two attached hydrogens (primary N) is 2. The van der Waals surface area contributed by atoms with Crippen molar-refractivity contribution < 1.29 is 0 Å². The van der Waals surface area contributed by atoms with E-state index in [-0.39, 0.29) is 0 Å². The molecule has 124 valence electrons. The molecule has 0 aliphatic carbocycles. The fraction of sp³-hybridized carbons (Fsp3) is 0.167. The molecular formula is C18H22N6. The summed E-state index contributed by atoms with van der Waals surface area (Å²) in [4.78, 5) is 9.99. The highest BCUT2D eigenvalue weighted by atomic mass is 15.3. The van der Waals surface area contributed by atoms with E-state index in [1.807, 2.05) is 43.3 Å². The lowest BCUT2D eigenvalue weighted by atomic mass is 9.99. The number of nitrogens with zero attached hydrogens (tertiary/aromatic N) is 3. The first kappa shape index (κ1) is 17.2. The molecule has 0 radical (unpaired) electrons. The smallest absolute Gasteiger partial charge is 0.201 e. The van der Waals surface area contributed by atoms with E-state index in [4.69, 9.17) is 16.9 Å². The summed E-state index contributed by atoms with van der Waals surface area (Å²) in [6, 6.07) is 14.9. The largest absolute Gasteiger partial charge is 0.399 e. The molecule has 5 N–H and O–H groups in total. The number of guanidine groups is 1. The molecule has 6 nitrogen and oxygen atoms in total. The number of amidine groups is 1. The van der Waals surface area contributed by atoms with Gasteiger partial charge in [0.25, 0.3) is 0 Å². The van der Waals surface area contributed by atoms with Crippen LogP contribution in [0.25, 0.3) is 0 Å². The molecule has 6 heteroatoms. The maximum Gasteiger partial charge on any atom is 0.201 e. The molecule has 24 heavy (non-hydrogen) atoms. The third-order valence-electron chi connectivity index (χ3n) is 3.70. The minimum Gasteiger partial charge on any atom is -0.399 e. The van der Waals surface area contributed by atoms with Crippen molar-refractivity contribution in [2.45, 2.75) is 6.92 Å². The Balaban J connectivity index is 2.65. The number of rotatable bonds is 3. The van der Waals surface area contributed by atoms with Gasteiger partial charge in [0.1, 0.15) is 5.84 Å². The summed E-state index contributed by atoms with van der Waals surface area (Å²) >= 11 is 0. The topological polar surface area (TPSA) is 104 Å². The van der Waals surface area contributed by atoms with E-state index in [9.17, 15) is 0 Å². The molecular weight excluding hydrogens is 300 g/mol. The van der Waals surface area contributed by atoms with Crippen molar-refractivity contribution in [3.63, 3.8) is 0 Å². The Bertz CT molecular complexity index is 774. The molecule has 2 aromatic carbocycles.